The predicted octanol–water partition coefficient (Wildman–Crippen LogP) is 0.590. The van der Waals surface area contributed by atoms with Crippen molar-refractivity contribution in [2.24, 2.45) is 0 Å². The van der Waals surface area contributed by atoms with Gasteiger partial charge in [-0.2, -0.15) is 10.4 Å². The minimum Gasteiger partial charge on any atom is -0.390 e. The molecule has 0 unspecified atom stereocenters. The molecule has 10 nitrogen and oxygen atoms in total. The van der Waals surface area contributed by atoms with Crippen LogP contribution in [0.15, 0.2) is 24.5 Å². The van der Waals surface area contributed by atoms with Gasteiger partial charge in [0.15, 0.2) is 11.3 Å². The number of hydrogen-bond donors (Lipinski definition) is 5. The van der Waals surface area contributed by atoms with Crippen LogP contribution >= 0.6 is 0 Å². The molecule has 1 aliphatic carbocycles. The van der Waals surface area contributed by atoms with Crippen LogP contribution < -0.4 is 10.6 Å². The van der Waals surface area contributed by atoms with Crippen molar-refractivity contribution < 1.29 is 19.4 Å². The SMILES string of the molecule is N#Cc1cc(F)cc(CNC(=O)c2n[nH]c3ncnc(N[C@@H]4CC[C@@H](O)[C@H]4O)c23)c1. The summed E-state index contributed by atoms with van der Waals surface area (Å²) < 4.78 is 13.6. The maximum atomic E-state index is 13.6. The quantitative estimate of drug-likeness (QED) is 0.408. The molecule has 1 fully saturated rings. The monoisotopic (exact) mass is 411 g/mol. The van der Waals surface area contributed by atoms with E-state index < -0.39 is 30.0 Å². The number of amides is 1. The number of nitriles is 1. The molecule has 1 amide bonds. The number of aromatic nitrogens is 4. The smallest absolute Gasteiger partial charge is 0.272 e. The van der Waals surface area contributed by atoms with Gasteiger partial charge in [-0.05, 0) is 36.6 Å². The fourth-order valence-electron chi connectivity index (χ4n) is 3.51. The van der Waals surface area contributed by atoms with E-state index in [4.69, 9.17) is 5.26 Å². The molecule has 4 rings (SSSR count). The first-order valence-corrected chi connectivity index (χ1v) is 9.25. The molecule has 0 spiro atoms. The maximum Gasteiger partial charge on any atom is 0.272 e. The Morgan fingerprint density at radius 1 is 1.30 bits per heavy atom. The molecule has 0 aliphatic heterocycles. The summed E-state index contributed by atoms with van der Waals surface area (Å²) in [5, 5.41) is 41.5. The van der Waals surface area contributed by atoms with Crippen molar-refractivity contribution in [2.45, 2.75) is 37.6 Å². The highest BCUT2D eigenvalue weighted by molar-refractivity contribution is 6.07. The van der Waals surface area contributed by atoms with E-state index in [9.17, 15) is 19.4 Å². The summed E-state index contributed by atoms with van der Waals surface area (Å²) >= 11 is 0. The summed E-state index contributed by atoms with van der Waals surface area (Å²) in [6.45, 7) is -0.0103. The number of nitrogens with one attached hydrogen (secondary N) is 3. The standard InChI is InChI=1S/C19H18FN7O3/c20-11-4-9(6-21)3-10(5-11)7-22-19(30)15-14-17(23-8-24-18(14)27-26-15)25-12-1-2-13(28)16(12)29/h3-5,8,12-13,16,28-29H,1-2,7H2,(H,22,30)(H2,23,24,25,26,27)/t12-,13-,16+/m1/s1. The molecule has 1 saturated carbocycles. The Hall–Kier alpha value is -3.62. The molecular formula is C19H18FN7O3. The summed E-state index contributed by atoms with van der Waals surface area (Å²) in [4.78, 5) is 20.9. The van der Waals surface area contributed by atoms with Gasteiger partial charge in [-0.15, -0.1) is 0 Å². The van der Waals surface area contributed by atoms with Crippen LogP contribution in [0.2, 0.25) is 0 Å². The zero-order valence-corrected chi connectivity index (χ0v) is 15.6. The first kappa shape index (κ1) is 19.7. The van der Waals surface area contributed by atoms with Gasteiger partial charge in [0.25, 0.3) is 5.91 Å². The molecule has 5 N–H and O–H groups in total. The average molecular weight is 411 g/mol. The Balaban J connectivity index is 1.56. The molecule has 154 valence electrons. The van der Waals surface area contributed by atoms with Gasteiger partial charge in [0.2, 0.25) is 0 Å². The van der Waals surface area contributed by atoms with Crippen molar-refractivity contribution in [1.82, 2.24) is 25.5 Å². The lowest BCUT2D eigenvalue weighted by Crippen LogP contribution is -2.34. The van der Waals surface area contributed by atoms with E-state index in [-0.39, 0.29) is 17.8 Å². The molecular weight excluding hydrogens is 393 g/mol. The average Bonchev–Trinajstić information content (AvgIpc) is 3.31. The summed E-state index contributed by atoms with van der Waals surface area (Å²) in [7, 11) is 0. The van der Waals surface area contributed by atoms with Gasteiger partial charge in [0, 0.05) is 6.54 Å². The molecule has 0 radical (unpaired) electrons. The van der Waals surface area contributed by atoms with Crippen molar-refractivity contribution in [1.29, 1.82) is 5.26 Å². The number of nitrogens with zero attached hydrogens (tertiary/aromatic N) is 4. The number of aliphatic hydroxyl groups is 2. The fraction of sp³-hybridized carbons (Fsp3) is 0.316. The van der Waals surface area contributed by atoms with Crippen molar-refractivity contribution >= 4 is 22.8 Å². The first-order valence-electron chi connectivity index (χ1n) is 9.25. The van der Waals surface area contributed by atoms with Crippen molar-refractivity contribution in [3.05, 3.63) is 47.2 Å². The van der Waals surface area contributed by atoms with Gasteiger partial charge < -0.3 is 20.8 Å². The van der Waals surface area contributed by atoms with E-state index in [1.54, 1.807) is 0 Å². The normalized spacial score (nSPS) is 20.8. The van der Waals surface area contributed by atoms with Crippen molar-refractivity contribution in [3.63, 3.8) is 0 Å². The summed E-state index contributed by atoms with van der Waals surface area (Å²) in [6.07, 6.45) is 0.495. The van der Waals surface area contributed by atoms with Gasteiger partial charge in [-0.1, -0.05) is 0 Å². The lowest BCUT2D eigenvalue weighted by atomic mass is 10.1. The number of aliphatic hydroxyl groups excluding tert-OH is 2. The van der Waals surface area contributed by atoms with Crippen molar-refractivity contribution in [3.8, 4) is 6.07 Å². The van der Waals surface area contributed by atoms with E-state index in [1.165, 1.54) is 18.5 Å². The molecule has 0 bridgehead atoms. The number of rotatable bonds is 5. The Morgan fingerprint density at radius 3 is 2.87 bits per heavy atom. The van der Waals surface area contributed by atoms with E-state index in [1.807, 2.05) is 6.07 Å². The van der Waals surface area contributed by atoms with E-state index in [2.05, 4.69) is 30.8 Å². The second-order valence-corrected chi connectivity index (χ2v) is 7.05. The molecule has 11 heteroatoms. The lowest BCUT2D eigenvalue weighted by molar-refractivity contribution is 0.0392. The number of benzene rings is 1. The molecule has 1 aliphatic rings. The van der Waals surface area contributed by atoms with E-state index in [0.29, 0.717) is 35.3 Å². The molecule has 3 atom stereocenters. The Bertz CT molecular complexity index is 1140. The summed E-state index contributed by atoms with van der Waals surface area (Å²) in [6, 6.07) is 5.25. The van der Waals surface area contributed by atoms with Crippen molar-refractivity contribution in [2.75, 3.05) is 5.32 Å². The van der Waals surface area contributed by atoms with Crippen LogP contribution in [-0.4, -0.2) is 54.5 Å². The number of fused-ring (bicyclic) bond motifs is 1. The number of aromatic amines is 1. The molecule has 1 aromatic carbocycles. The Kier molecular flexibility index (Phi) is 5.26. The highest BCUT2D eigenvalue weighted by Crippen LogP contribution is 2.27. The van der Waals surface area contributed by atoms with Crippen LogP contribution in [0.1, 0.15) is 34.5 Å². The molecule has 3 aromatic rings. The van der Waals surface area contributed by atoms with Crippen LogP contribution in [0.25, 0.3) is 11.0 Å². The van der Waals surface area contributed by atoms with Crippen LogP contribution in [-0.2, 0) is 6.54 Å². The van der Waals surface area contributed by atoms with Crippen LogP contribution in [0, 0.1) is 17.1 Å². The first-order chi connectivity index (χ1) is 14.5. The number of hydrogen-bond acceptors (Lipinski definition) is 8. The lowest BCUT2D eigenvalue weighted by Gasteiger charge is -2.18. The summed E-state index contributed by atoms with van der Waals surface area (Å²) in [5.74, 6) is -0.816. The van der Waals surface area contributed by atoms with Gasteiger partial charge >= 0.3 is 0 Å². The third-order valence-electron chi connectivity index (χ3n) is 5.01. The van der Waals surface area contributed by atoms with E-state index in [0.717, 1.165) is 6.07 Å². The highest BCUT2D eigenvalue weighted by Gasteiger charge is 2.34. The minimum absolute atomic E-state index is 0.0103. The largest absolute Gasteiger partial charge is 0.390 e. The maximum absolute atomic E-state index is 13.6. The molecule has 2 aromatic heterocycles. The third-order valence-corrected chi connectivity index (χ3v) is 5.01. The predicted molar refractivity (Wildman–Crippen MR) is 103 cm³/mol. The molecule has 30 heavy (non-hydrogen) atoms. The topological polar surface area (TPSA) is 160 Å². The number of carbonyl (C=O) groups excluding carboxylic acids is 1. The Morgan fingerprint density at radius 2 is 2.13 bits per heavy atom. The van der Waals surface area contributed by atoms with Crippen LogP contribution in [0.4, 0.5) is 10.2 Å². The van der Waals surface area contributed by atoms with Crippen LogP contribution in [0.5, 0.6) is 0 Å². The van der Waals surface area contributed by atoms with Crippen LogP contribution in [0.3, 0.4) is 0 Å². The van der Waals surface area contributed by atoms with Gasteiger partial charge in [-0.3, -0.25) is 9.89 Å². The molecule has 2 heterocycles. The minimum atomic E-state index is -0.957. The fourth-order valence-corrected chi connectivity index (χ4v) is 3.51. The number of carbonyl (C=O) groups is 1. The van der Waals surface area contributed by atoms with Gasteiger partial charge in [0.1, 0.15) is 18.0 Å². The second kappa shape index (κ2) is 8.02. The Labute approximate surface area is 169 Å². The van der Waals surface area contributed by atoms with E-state index >= 15 is 0 Å². The summed E-state index contributed by atoms with van der Waals surface area (Å²) in [5.41, 5.74) is 0.931. The zero-order chi connectivity index (χ0) is 21.3. The third kappa shape index (κ3) is 3.78. The van der Waals surface area contributed by atoms with Gasteiger partial charge in [0.05, 0.1) is 35.3 Å². The highest BCUT2D eigenvalue weighted by atomic mass is 19.1. The zero-order valence-electron chi connectivity index (χ0n) is 15.6. The molecule has 0 saturated heterocycles. The van der Waals surface area contributed by atoms with Gasteiger partial charge in [-0.25, -0.2) is 14.4 Å². The number of halogens is 1. The number of H-pyrrole nitrogens is 1. The second-order valence-electron chi connectivity index (χ2n) is 7.05. The number of anilines is 1.